The quantitative estimate of drug-likeness (QED) is 0.585. The lowest BCUT2D eigenvalue weighted by Crippen LogP contribution is -2.22. The van der Waals surface area contributed by atoms with Crippen LogP contribution in [0.15, 0.2) is 48.5 Å². The third kappa shape index (κ3) is 3.74. The maximum absolute atomic E-state index is 10.8. The van der Waals surface area contributed by atoms with E-state index in [0.29, 0.717) is 12.6 Å². The van der Waals surface area contributed by atoms with Crippen LogP contribution in [0.4, 0.5) is 5.69 Å². The van der Waals surface area contributed by atoms with Gasteiger partial charge in [0.15, 0.2) is 0 Å². The van der Waals surface area contributed by atoms with Gasteiger partial charge in [-0.3, -0.25) is 15.0 Å². The molecule has 1 saturated heterocycles. The molecule has 0 aromatic heterocycles. The maximum Gasteiger partial charge on any atom is 0.269 e. The van der Waals surface area contributed by atoms with Gasteiger partial charge < -0.3 is 4.74 Å². The molecule has 0 radical (unpaired) electrons. The number of ether oxygens (including phenoxy) is 1. The lowest BCUT2D eigenvalue weighted by atomic mass is 10.0. The van der Waals surface area contributed by atoms with Gasteiger partial charge in [0.05, 0.1) is 11.5 Å². The molecule has 5 heteroatoms. The van der Waals surface area contributed by atoms with E-state index in [1.165, 1.54) is 12.0 Å². The first-order chi connectivity index (χ1) is 11.7. The molecule has 0 aliphatic carbocycles. The number of nitrogens with zero attached hydrogens (tertiary/aromatic N) is 2. The molecule has 1 fully saturated rings. The van der Waals surface area contributed by atoms with Crippen LogP contribution in [0, 0.1) is 10.1 Å². The highest BCUT2D eigenvalue weighted by molar-refractivity contribution is 5.33. The minimum atomic E-state index is -0.359. The zero-order valence-corrected chi connectivity index (χ0v) is 13.9. The summed E-state index contributed by atoms with van der Waals surface area (Å²) >= 11 is 0. The molecule has 1 aliphatic heterocycles. The Balaban J connectivity index is 1.69. The van der Waals surface area contributed by atoms with E-state index < -0.39 is 0 Å². The fraction of sp³-hybridized carbons (Fsp3) is 0.368. The fourth-order valence-corrected chi connectivity index (χ4v) is 3.30. The Hall–Kier alpha value is -2.40. The Morgan fingerprint density at radius 2 is 1.88 bits per heavy atom. The van der Waals surface area contributed by atoms with Crippen molar-refractivity contribution in [1.29, 1.82) is 0 Å². The van der Waals surface area contributed by atoms with Gasteiger partial charge in [-0.05, 0) is 49.6 Å². The molecule has 0 unspecified atom stereocenters. The molecule has 0 amide bonds. The van der Waals surface area contributed by atoms with Gasteiger partial charge in [0.1, 0.15) is 5.75 Å². The van der Waals surface area contributed by atoms with Crippen molar-refractivity contribution in [2.75, 3.05) is 13.2 Å². The lowest BCUT2D eigenvalue weighted by Gasteiger charge is -2.25. The predicted molar refractivity (Wildman–Crippen MR) is 93.1 cm³/mol. The number of benzene rings is 2. The third-order valence-electron chi connectivity index (χ3n) is 4.47. The highest BCUT2D eigenvalue weighted by Crippen LogP contribution is 2.34. The molecule has 0 saturated carbocycles. The Morgan fingerprint density at radius 1 is 1.17 bits per heavy atom. The summed E-state index contributed by atoms with van der Waals surface area (Å²) in [7, 11) is 0. The van der Waals surface area contributed by atoms with E-state index in [1.54, 1.807) is 12.1 Å². The summed E-state index contributed by atoms with van der Waals surface area (Å²) in [4.78, 5) is 12.8. The topological polar surface area (TPSA) is 55.6 Å². The second-order valence-electron chi connectivity index (χ2n) is 6.05. The molecule has 1 aliphatic rings. The van der Waals surface area contributed by atoms with E-state index in [0.717, 1.165) is 30.8 Å². The maximum atomic E-state index is 10.8. The standard InChI is InChI=1S/C19H22N2O3/c1-2-24-18-11-7-16(8-12-18)19-4-3-13-20(19)14-15-5-9-17(10-6-15)21(22)23/h5-12,19H,2-4,13-14H2,1H3/t19-/m0/s1. The summed E-state index contributed by atoms with van der Waals surface area (Å²) < 4.78 is 5.51. The summed E-state index contributed by atoms with van der Waals surface area (Å²) in [5.41, 5.74) is 2.56. The molecule has 1 heterocycles. The smallest absolute Gasteiger partial charge is 0.269 e. The van der Waals surface area contributed by atoms with Gasteiger partial charge in [-0.1, -0.05) is 24.3 Å². The van der Waals surface area contributed by atoms with Crippen LogP contribution in [0.5, 0.6) is 5.75 Å². The van der Waals surface area contributed by atoms with Crippen molar-refractivity contribution in [3.8, 4) is 5.75 Å². The van der Waals surface area contributed by atoms with E-state index in [4.69, 9.17) is 4.74 Å². The molecule has 0 N–H and O–H groups in total. The van der Waals surface area contributed by atoms with Gasteiger partial charge in [0, 0.05) is 24.7 Å². The van der Waals surface area contributed by atoms with E-state index >= 15 is 0 Å². The van der Waals surface area contributed by atoms with E-state index in [1.807, 2.05) is 31.2 Å². The minimum Gasteiger partial charge on any atom is -0.494 e. The number of likely N-dealkylation sites (tertiary alicyclic amines) is 1. The molecule has 1 atom stereocenters. The predicted octanol–water partition coefficient (Wildman–Crippen LogP) is 4.33. The van der Waals surface area contributed by atoms with Gasteiger partial charge in [0.2, 0.25) is 0 Å². The first-order valence-corrected chi connectivity index (χ1v) is 8.37. The largest absolute Gasteiger partial charge is 0.494 e. The number of nitro benzene ring substituents is 1. The highest BCUT2D eigenvalue weighted by Gasteiger charge is 2.26. The van der Waals surface area contributed by atoms with Crippen molar-refractivity contribution in [1.82, 2.24) is 4.90 Å². The Bertz CT molecular complexity index is 683. The second-order valence-corrected chi connectivity index (χ2v) is 6.05. The molecule has 0 spiro atoms. The van der Waals surface area contributed by atoms with Crippen LogP contribution in [0.25, 0.3) is 0 Å². The molecule has 2 aromatic carbocycles. The minimum absolute atomic E-state index is 0.142. The number of non-ortho nitro benzene ring substituents is 1. The summed E-state index contributed by atoms with van der Waals surface area (Å²) in [6.07, 6.45) is 2.31. The van der Waals surface area contributed by atoms with E-state index in [2.05, 4.69) is 17.0 Å². The average molecular weight is 326 g/mol. The summed E-state index contributed by atoms with van der Waals surface area (Å²) in [6, 6.07) is 15.6. The first kappa shape index (κ1) is 16.5. The van der Waals surface area contributed by atoms with Gasteiger partial charge in [-0.25, -0.2) is 0 Å². The Labute approximate surface area is 142 Å². The molecule has 126 valence electrons. The molecule has 2 aromatic rings. The van der Waals surface area contributed by atoms with E-state index in [-0.39, 0.29) is 10.6 Å². The summed E-state index contributed by atoms with van der Waals surface area (Å²) in [5.74, 6) is 0.904. The first-order valence-electron chi connectivity index (χ1n) is 8.37. The number of hydrogen-bond acceptors (Lipinski definition) is 4. The van der Waals surface area contributed by atoms with Crippen LogP contribution < -0.4 is 4.74 Å². The SMILES string of the molecule is CCOc1ccc([C@@H]2CCCN2Cc2ccc([N+](=O)[O-])cc2)cc1. The van der Waals surface area contributed by atoms with Crippen molar-refractivity contribution < 1.29 is 9.66 Å². The van der Waals surface area contributed by atoms with Crippen LogP contribution in [-0.4, -0.2) is 23.0 Å². The van der Waals surface area contributed by atoms with Crippen molar-refractivity contribution in [2.45, 2.75) is 32.4 Å². The number of rotatable bonds is 6. The summed E-state index contributed by atoms with van der Waals surface area (Å²) in [5, 5.41) is 10.8. The second kappa shape index (κ2) is 7.45. The van der Waals surface area contributed by atoms with Crippen molar-refractivity contribution in [3.05, 3.63) is 69.8 Å². The monoisotopic (exact) mass is 326 g/mol. The van der Waals surface area contributed by atoms with Crippen molar-refractivity contribution >= 4 is 5.69 Å². The highest BCUT2D eigenvalue weighted by atomic mass is 16.6. The van der Waals surface area contributed by atoms with Crippen LogP contribution in [0.2, 0.25) is 0 Å². The third-order valence-corrected chi connectivity index (χ3v) is 4.47. The zero-order valence-electron chi connectivity index (χ0n) is 13.9. The summed E-state index contributed by atoms with van der Waals surface area (Å²) in [6.45, 7) is 4.52. The lowest BCUT2D eigenvalue weighted by molar-refractivity contribution is -0.384. The molecule has 0 bridgehead atoms. The van der Waals surface area contributed by atoms with Crippen molar-refractivity contribution in [3.63, 3.8) is 0 Å². The van der Waals surface area contributed by atoms with Crippen LogP contribution >= 0.6 is 0 Å². The zero-order chi connectivity index (χ0) is 16.9. The average Bonchev–Trinajstić information content (AvgIpc) is 3.04. The van der Waals surface area contributed by atoms with Crippen LogP contribution in [0.1, 0.15) is 36.9 Å². The molecular weight excluding hydrogens is 304 g/mol. The number of nitro groups is 1. The molecular formula is C19H22N2O3. The fourth-order valence-electron chi connectivity index (χ4n) is 3.30. The van der Waals surface area contributed by atoms with Gasteiger partial charge in [-0.15, -0.1) is 0 Å². The van der Waals surface area contributed by atoms with Gasteiger partial charge in [0.25, 0.3) is 5.69 Å². The molecule has 3 rings (SSSR count). The normalized spacial score (nSPS) is 17.8. The number of hydrogen-bond donors (Lipinski definition) is 0. The van der Waals surface area contributed by atoms with Gasteiger partial charge in [-0.2, -0.15) is 0 Å². The van der Waals surface area contributed by atoms with E-state index in [9.17, 15) is 10.1 Å². The Kier molecular flexibility index (Phi) is 5.11. The van der Waals surface area contributed by atoms with Gasteiger partial charge >= 0.3 is 0 Å². The van der Waals surface area contributed by atoms with Crippen LogP contribution in [-0.2, 0) is 6.54 Å². The Morgan fingerprint density at radius 3 is 2.50 bits per heavy atom. The van der Waals surface area contributed by atoms with Crippen molar-refractivity contribution in [2.24, 2.45) is 0 Å². The molecule has 24 heavy (non-hydrogen) atoms. The van der Waals surface area contributed by atoms with Crippen LogP contribution in [0.3, 0.4) is 0 Å². The molecule has 5 nitrogen and oxygen atoms in total.